The van der Waals surface area contributed by atoms with Crippen LogP contribution in [0, 0.1) is 5.82 Å². The van der Waals surface area contributed by atoms with E-state index in [0.717, 1.165) is 6.20 Å². The number of nitrogen functional groups attached to an aromatic ring is 1. The minimum absolute atomic E-state index is 0.181. The summed E-state index contributed by atoms with van der Waals surface area (Å²) in [4.78, 5) is 3.68. The molecule has 0 saturated heterocycles. The summed E-state index contributed by atoms with van der Waals surface area (Å²) in [7, 11) is 0. The molecule has 0 atom stereocenters. The van der Waals surface area contributed by atoms with Crippen LogP contribution >= 0.6 is 0 Å². The lowest BCUT2D eigenvalue weighted by Crippen LogP contribution is -1.85. The molecule has 4 nitrogen and oxygen atoms in total. The highest BCUT2D eigenvalue weighted by Gasteiger charge is 2.05. The smallest absolute Gasteiger partial charge is 0.193 e. The molecule has 2 heterocycles. The maximum absolute atomic E-state index is 12.5. The van der Waals surface area contributed by atoms with E-state index in [4.69, 9.17) is 5.73 Å². The van der Waals surface area contributed by atoms with Gasteiger partial charge in [-0.1, -0.05) is 5.16 Å². The van der Waals surface area contributed by atoms with Gasteiger partial charge < -0.3 is 10.3 Å². The first-order valence-corrected chi connectivity index (χ1v) is 2.94. The van der Waals surface area contributed by atoms with Gasteiger partial charge in [-0.2, -0.15) is 0 Å². The van der Waals surface area contributed by atoms with E-state index in [1.807, 2.05) is 0 Å². The highest BCUT2D eigenvalue weighted by Crippen LogP contribution is 2.17. The summed E-state index contributed by atoms with van der Waals surface area (Å²) < 4.78 is 17.1. The van der Waals surface area contributed by atoms with Crippen LogP contribution in [-0.4, -0.2) is 10.1 Å². The van der Waals surface area contributed by atoms with Crippen molar-refractivity contribution in [2.24, 2.45) is 0 Å². The Morgan fingerprint density at radius 1 is 1.55 bits per heavy atom. The van der Waals surface area contributed by atoms with Crippen LogP contribution in [0.1, 0.15) is 0 Å². The van der Waals surface area contributed by atoms with Crippen molar-refractivity contribution in [1.29, 1.82) is 0 Å². The molecule has 56 valence electrons. The van der Waals surface area contributed by atoms with E-state index in [1.165, 1.54) is 6.07 Å². The van der Waals surface area contributed by atoms with E-state index in [0.29, 0.717) is 5.52 Å². The maximum Gasteiger partial charge on any atom is 0.193 e. The molecule has 0 saturated carbocycles. The van der Waals surface area contributed by atoms with Crippen molar-refractivity contribution in [2.75, 3.05) is 5.73 Å². The molecule has 2 aromatic rings. The summed E-state index contributed by atoms with van der Waals surface area (Å²) in [5.41, 5.74) is 6.00. The van der Waals surface area contributed by atoms with Gasteiger partial charge >= 0.3 is 0 Å². The number of nitrogens with two attached hydrogens (primary N) is 1. The standard InChI is InChI=1S/C6H4FN3O/c7-3-1-4-5(9-2-3)6(8)10-11-4/h1-2H,(H2,8,10). The normalized spacial score (nSPS) is 10.6. The van der Waals surface area contributed by atoms with Gasteiger partial charge in [-0.05, 0) is 0 Å². The van der Waals surface area contributed by atoms with Crippen LogP contribution in [0.4, 0.5) is 10.2 Å². The highest BCUT2D eigenvalue weighted by molar-refractivity contribution is 5.82. The second kappa shape index (κ2) is 1.91. The number of rotatable bonds is 0. The molecule has 11 heavy (non-hydrogen) atoms. The molecule has 0 spiro atoms. The molecule has 0 aromatic carbocycles. The van der Waals surface area contributed by atoms with E-state index in [1.54, 1.807) is 0 Å². The molecule has 0 radical (unpaired) electrons. The molecule has 5 heteroatoms. The average molecular weight is 153 g/mol. The first-order chi connectivity index (χ1) is 5.27. The zero-order valence-corrected chi connectivity index (χ0v) is 5.41. The minimum atomic E-state index is -0.464. The topological polar surface area (TPSA) is 64.9 Å². The van der Waals surface area contributed by atoms with E-state index in [9.17, 15) is 4.39 Å². The molecule has 0 aliphatic carbocycles. The molecule has 2 aromatic heterocycles. The minimum Gasteiger partial charge on any atom is -0.379 e. The Morgan fingerprint density at radius 3 is 3.18 bits per heavy atom. The van der Waals surface area contributed by atoms with Crippen LogP contribution in [0.15, 0.2) is 16.8 Å². The predicted molar refractivity (Wildman–Crippen MR) is 36.2 cm³/mol. The second-order valence-electron chi connectivity index (χ2n) is 2.07. The first-order valence-electron chi connectivity index (χ1n) is 2.94. The van der Waals surface area contributed by atoms with E-state index < -0.39 is 5.82 Å². The number of pyridine rings is 1. The number of hydrogen-bond donors (Lipinski definition) is 1. The van der Waals surface area contributed by atoms with Crippen LogP contribution in [0.3, 0.4) is 0 Å². The van der Waals surface area contributed by atoms with Gasteiger partial charge in [0.25, 0.3) is 0 Å². The van der Waals surface area contributed by atoms with Gasteiger partial charge in [-0.15, -0.1) is 0 Å². The van der Waals surface area contributed by atoms with Crippen molar-refractivity contribution in [3.8, 4) is 0 Å². The van der Waals surface area contributed by atoms with E-state index >= 15 is 0 Å². The molecular formula is C6H4FN3O. The zero-order valence-electron chi connectivity index (χ0n) is 5.41. The van der Waals surface area contributed by atoms with Gasteiger partial charge in [0.15, 0.2) is 16.9 Å². The molecule has 0 unspecified atom stereocenters. The summed E-state index contributed by atoms with van der Waals surface area (Å²) in [5, 5.41) is 3.41. The lowest BCUT2D eigenvalue weighted by atomic mass is 10.4. The third kappa shape index (κ3) is 0.813. The lowest BCUT2D eigenvalue weighted by Gasteiger charge is -1.85. The SMILES string of the molecule is Nc1noc2cc(F)cnc12. The lowest BCUT2D eigenvalue weighted by molar-refractivity contribution is 0.458. The number of anilines is 1. The summed E-state index contributed by atoms with van der Waals surface area (Å²) >= 11 is 0. The van der Waals surface area contributed by atoms with E-state index in [-0.39, 0.29) is 11.4 Å². The van der Waals surface area contributed by atoms with Crippen molar-refractivity contribution in [2.45, 2.75) is 0 Å². The van der Waals surface area contributed by atoms with Crippen molar-refractivity contribution in [3.05, 3.63) is 18.1 Å². The van der Waals surface area contributed by atoms with Crippen molar-refractivity contribution >= 4 is 16.9 Å². The molecule has 0 amide bonds. The molecule has 0 bridgehead atoms. The molecule has 2 N–H and O–H groups in total. The summed E-state index contributed by atoms with van der Waals surface area (Å²) in [6.07, 6.45) is 1.07. The van der Waals surface area contributed by atoms with Gasteiger partial charge in [0.1, 0.15) is 5.82 Å². The van der Waals surface area contributed by atoms with Crippen LogP contribution in [0.25, 0.3) is 11.1 Å². The van der Waals surface area contributed by atoms with Crippen molar-refractivity contribution < 1.29 is 8.91 Å². The van der Waals surface area contributed by atoms with Crippen molar-refractivity contribution in [3.63, 3.8) is 0 Å². The zero-order chi connectivity index (χ0) is 7.84. The van der Waals surface area contributed by atoms with Gasteiger partial charge in [-0.25, -0.2) is 9.37 Å². The quantitative estimate of drug-likeness (QED) is 0.611. The Bertz CT molecular complexity index is 398. The number of fused-ring (bicyclic) bond motifs is 1. The molecule has 0 fully saturated rings. The number of nitrogens with zero attached hydrogens (tertiary/aromatic N) is 2. The average Bonchev–Trinajstić information content (AvgIpc) is 2.32. The fourth-order valence-electron chi connectivity index (χ4n) is 0.824. The summed E-state index contributed by atoms with van der Waals surface area (Å²) in [6, 6.07) is 1.19. The maximum atomic E-state index is 12.5. The number of hydrogen-bond acceptors (Lipinski definition) is 4. The molecular weight excluding hydrogens is 149 g/mol. The Morgan fingerprint density at radius 2 is 2.36 bits per heavy atom. The largest absolute Gasteiger partial charge is 0.379 e. The van der Waals surface area contributed by atoms with Crippen LogP contribution < -0.4 is 5.73 Å². The van der Waals surface area contributed by atoms with Crippen LogP contribution in [0.5, 0.6) is 0 Å². The van der Waals surface area contributed by atoms with E-state index in [2.05, 4.69) is 14.7 Å². The molecule has 0 aliphatic heterocycles. The fraction of sp³-hybridized carbons (Fsp3) is 0. The first kappa shape index (κ1) is 6.09. The van der Waals surface area contributed by atoms with Gasteiger partial charge in [0, 0.05) is 6.07 Å². The summed E-state index contributed by atoms with van der Waals surface area (Å²) in [5.74, 6) is -0.284. The summed E-state index contributed by atoms with van der Waals surface area (Å²) in [6.45, 7) is 0. The number of aromatic nitrogens is 2. The predicted octanol–water partition coefficient (Wildman–Crippen LogP) is 0.944. The number of halogens is 1. The Balaban J connectivity index is 2.86. The van der Waals surface area contributed by atoms with Crippen molar-refractivity contribution in [1.82, 2.24) is 10.1 Å². The molecule has 2 rings (SSSR count). The van der Waals surface area contributed by atoms with Gasteiger partial charge in [-0.3, -0.25) is 0 Å². The third-order valence-corrected chi connectivity index (χ3v) is 1.30. The third-order valence-electron chi connectivity index (χ3n) is 1.30. The van der Waals surface area contributed by atoms with Crippen LogP contribution in [0.2, 0.25) is 0 Å². The fourth-order valence-corrected chi connectivity index (χ4v) is 0.824. The molecule has 0 aliphatic rings. The van der Waals surface area contributed by atoms with Crippen LogP contribution in [-0.2, 0) is 0 Å². The van der Waals surface area contributed by atoms with Gasteiger partial charge in [0.05, 0.1) is 6.20 Å². The Hall–Kier alpha value is -1.65. The Kier molecular flexibility index (Phi) is 1.06. The second-order valence-corrected chi connectivity index (χ2v) is 2.07. The monoisotopic (exact) mass is 153 g/mol. The highest BCUT2D eigenvalue weighted by atomic mass is 19.1. The Labute approximate surface area is 60.8 Å². The van der Waals surface area contributed by atoms with Gasteiger partial charge in [0.2, 0.25) is 0 Å².